The summed E-state index contributed by atoms with van der Waals surface area (Å²) in [6.45, 7) is 5.49. The van der Waals surface area contributed by atoms with Gasteiger partial charge in [-0.2, -0.15) is 0 Å². The summed E-state index contributed by atoms with van der Waals surface area (Å²) in [5.41, 5.74) is 1.88. The normalized spacial score (nSPS) is 13.3. The topological polar surface area (TPSA) is 80.2 Å². The molecule has 29 heavy (non-hydrogen) atoms. The number of hydrogen-bond acceptors (Lipinski definition) is 3. The Labute approximate surface area is 178 Å². The molecule has 1 heterocycles. The number of rotatable bonds is 5. The number of carbonyl (C=O) groups excluding carboxylic acids is 1. The van der Waals surface area contributed by atoms with Crippen molar-refractivity contribution in [1.29, 1.82) is 0 Å². The van der Waals surface area contributed by atoms with Crippen LogP contribution in [0.5, 0.6) is 0 Å². The van der Waals surface area contributed by atoms with Gasteiger partial charge in [0.05, 0.1) is 6.54 Å². The van der Waals surface area contributed by atoms with Crippen LogP contribution < -0.4 is 5.32 Å². The quantitative estimate of drug-likeness (QED) is 0.241. The zero-order valence-corrected chi connectivity index (χ0v) is 18.2. The van der Waals surface area contributed by atoms with Crippen LogP contribution in [0.3, 0.4) is 0 Å². The number of fused-ring (bicyclic) bond motifs is 1. The third-order valence-corrected chi connectivity index (χ3v) is 4.75. The third-order valence-electron chi connectivity index (χ3n) is 4.26. The van der Waals surface area contributed by atoms with E-state index in [0.717, 1.165) is 31.2 Å². The van der Waals surface area contributed by atoms with Crippen molar-refractivity contribution < 1.29 is 14.3 Å². The molecule has 0 spiro atoms. The Balaban J connectivity index is 1.93. The highest BCUT2D eigenvalue weighted by atomic mass is 79.9. The Kier molecular flexibility index (Phi) is 6.27. The van der Waals surface area contributed by atoms with Crippen molar-refractivity contribution in [3.05, 3.63) is 75.5 Å². The molecule has 1 atom stereocenters. The molecule has 0 saturated carbocycles. The number of alkyl carbamates (subject to hydrolysis) is 1. The molecule has 3 aromatic rings. The molecule has 2 aromatic carbocycles. The van der Waals surface area contributed by atoms with Gasteiger partial charge >= 0.3 is 6.09 Å². The smallest absolute Gasteiger partial charge is 0.407 e. The van der Waals surface area contributed by atoms with Gasteiger partial charge in [-0.1, -0.05) is 34.1 Å². The number of nitrogens with one attached hydrogen (secondary N) is 2. The second-order valence-corrected chi connectivity index (χ2v) is 8.65. The van der Waals surface area contributed by atoms with Crippen molar-refractivity contribution in [2.24, 2.45) is 0 Å². The number of nitrogens with zero attached hydrogens (tertiary/aromatic N) is 1. The van der Waals surface area contributed by atoms with E-state index >= 15 is 0 Å². The average Bonchev–Trinajstić information content (AvgIpc) is 3.04. The molecule has 7 heteroatoms. The molecular weight excluding hydrogens is 434 g/mol. The van der Waals surface area contributed by atoms with Gasteiger partial charge in [0.25, 0.3) is 0 Å². The van der Waals surface area contributed by atoms with Crippen LogP contribution in [0.2, 0.25) is 0 Å². The van der Waals surface area contributed by atoms with Crippen molar-refractivity contribution in [3.8, 4) is 0 Å². The Bertz CT molecular complexity index is 1020. The molecule has 0 saturated heterocycles. The van der Waals surface area contributed by atoms with Gasteiger partial charge in [0, 0.05) is 32.7 Å². The number of aromatic nitrogens is 1. The summed E-state index contributed by atoms with van der Waals surface area (Å²) < 4.78 is 7.10. The molecule has 0 aliphatic rings. The zero-order chi connectivity index (χ0) is 21.0. The van der Waals surface area contributed by atoms with E-state index in [0.29, 0.717) is 0 Å². The molecule has 3 rings (SSSR count). The van der Waals surface area contributed by atoms with Crippen LogP contribution in [-0.4, -0.2) is 34.2 Å². The number of halogens is 1. The molecule has 0 radical (unpaired) electrons. The number of hydroxylamine groups is 1. The van der Waals surface area contributed by atoms with Gasteiger partial charge < -0.3 is 20.2 Å². The average molecular weight is 458 g/mol. The standard InChI is InChI=1S/C22H24BrN3O3/c1-22(2,3)29-21(27)25-13-20(26(28)14-15-7-5-4-6-8-15)18-12-24-19-10-9-16(23)11-17(18)19/h4-12,14,20,24H,13H2,1-3H3,(H,25,27)/b26-14+. The van der Waals surface area contributed by atoms with Gasteiger partial charge in [0.1, 0.15) is 5.60 Å². The van der Waals surface area contributed by atoms with E-state index in [1.807, 2.05) is 54.7 Å². The maximum Gasteiger partial charge on any atom is 0.407 e. The van der Waals surface area contributed by atoms with Gasteiger partial charge in [0.15, 0.2) is 6.21 Å². The number of benzene rings is 2. The SMILES string of the molecule is CC(C)(C)OC(=O)NCC(c1c[nH]c2ccc(Br)cc12)/[N+]([O-])=C\c1ccccc1. The Morgan fingerprint density at radius 2 is 2.00 bits per heavy atom. The lowest BCUT2D eigenvalue weighted by atomic mass is 10.1. The van der Waals surface area contributed by atoms with E-state index < -0.39 is 17.7 Å². The first-order valence-corrected chi connectivity index (χ1v) is 10.1. The van der Waals surface area contributed by atoms with Gasteiger partial charge in [-0.25, -0.2) is 9.53 Å². The lowest BCUT2D eigenvalue weighted by Gasteiger charge is -2.21. The Morgan fingerprint density at radius 3 is 2.69 bits per heavy atom. The van der Waals surface area contributed by atoms with E-state index in [4.69, 9.17) is 4.74 Å². The summed E-state index contributed by atoms with van der Waals surface area (Å²) in [7, 11) is 0. The van der Waals surface area contributed by atoms with Gasteiger partial charge in [-0.05, 0) is 51.1 Å². The molecule has 0 aliphatic carbocycles. The molecule has 0 fully saturated rings. The second kappa shape index (κ2) is 8.69. The van der Waals surface area contributed by atoms with Crippen molar-refractivity contribution in [1.82, 2.24) is 10.3 Å². The van der Waals surface area contributed by atoms with Crippen molar-refractivity contribution >= 4 is 39.1 Å². The number of H-pyrrole nitrogens is 1. The lowest BCUT2D eigenvalue weighted by molar-refractivity contribution is -0.500. The van der Waals surface area contributed by atoms with E-state index in [1.165, 1.54) is 6.21 Å². The van der Waals surface area contributed by atoms with Crippen LogP contribution in [0.15, 0.2) is 59.2 Å². The summed E-state index contributed by atoms with van der Waals surface area (Å²) in [6.07, 6.45) is 2.78. The van der Waals surface area contributed by atoms with E-state index in [9.17, 15) is 10.0 Å². The van der Waals surface area contributed by atoms with Gasteiger partial charge in [0.2, 0.25) is 6.04 Å². The van der Waals surface area contributed by atoms with Crippen molar-refractivity contribution in [3.63, 3.8) is 0 Å². The van der Waals surface area contributed by atoms with Crippen LogP contribution in [0, 0.1) is 5.21 Å². The molecule has 6 nitrogen and oxygen atoms in total. The van der Waals surface area contributed by atoms with Crippen LogP contribution >= 0.6 is 15.9 Å². The second-order valence-electron chi connectivity index (χ2n) is 7.73. The largest absolute Gasteiger partial charge is 0.623 e. The molecule has 152 valence electrons. The number of amides is 1. The van der Waals surface area contributed by atoms with Gasteiger partial charge in [-0.15, -0.1) is 0 Å². The molecule has 1 aromatic heterocycles. The van der Waals surface area contributed by atoms with Crippen LogP contribution in [0.4, 0.5) is 4.79 Å². The van der Waals surface area contributed by atoms with Crippen LogP contribution in [0.1, 0.15) is 37.9 Å². The van der Waals surface area contributed by atoms with E-state index in [2.05, 4.69) is 26.2 Å². The number of aromatic amines is 1. The summed E-state index contributed by atoms with van der Waals surface area (Å²) >= 11 is 3.48. The first-order valence-electron chi connectivity index (χ1n) is 9.32. The molecule has 1 amide bonds. The highest BCUT2D eigenvalue weighted by Crippen LogP contribution is 2.28. The fraction of sp³-hybridized carbons (Fsp3) is 0.273. The minimum atomic E-state index is -0.634. The number of hydrogen-bond donors (Lipinski definition) is 2. The summed E-state index contributed by atoms with van der Waals surface area (Å²) in [5, 5.41) is 16.7. The number of carbonyl (C=O) groups is 1. The van der Waals surface area contributed by atoms with Crippen molar-refractivity contribution in [2.45, 2.75) is 32.4 Å². The molecule has 2 N–H and O–H groups in total. The Morgan fingerprint density at radius 1 is 1.28 bits per heavy atom. The fourth-order valence-electron chi connectivity index (χ4n) is 3.00. The van der Waals surface area contributed by atoms with E-state index in [-0.39, 0.29) is 6.54 Å². The first kappa shape index (κ1) is 20.9. The minimum Gasteiger partial charge on any atom is -0.623 e. The highest BCUT2D eigenvalue weighted by Gasteiger charge is 2.25. The molecule has 0 bridgehead atoms. The fourth-order valence-corrected chi connectivity index (χ4v) is 3.36. The van der Waals surface area contributed by atoms with Crippen LogP contribution in [-0.2, 0) is 4.74 Å². The zero-order valence-electron chi connectivity index (χ0n) is 16.6. The molecular formula is C22H24BrN3O3. The first-order chi connectivity index (χ1) is 13.7. The summed E-state index contributed by atoms with van der Waals surface area (Å²) in [6, 6.07) is 14.5. The third kappa shape index (κ3) is 5.60. The lowest BCUT2D eigenvalue weighted by Crippen LogP contribution is -2.36. The predicted molar refractivity (Wildman–Crippen MR) is 118 cm³/mol. The van der Waals surface area contributed by atoms with Crippen LogP contribution in [0.25, 0.3) is 10.9 Å². The predicted octanol–water partition coefficient (Wildman–Crippen LogP) is 5.13. The Hall–Kier alpha value is -2.80. The number of ether oxygens (including phenoxy) is 1. The van der Waals surface area contributed by atoms with Gasteiger partial charge in [-0.3, -0.25) is 0 Å². The molecule has 0 aliphatic heterocycles. The maximum atomic E-state index is 13.1. The van der Waals surface area contributed by atoms with E-state index in [1.54, 1.807) is 20.8 Å². The summed E-state index contributed by atoms with van der Waals surface area (Å²) in [4.78, 5) is 15.3. The highest BCUT2D eigenvalue weighted by molar-refractivity contribution is 9.10. The molecule has 1 unspecified atom stereocenters. The van der Waals surface area contributed by atoms with Crippen molar-refractivity contribution in [2.75, 3.05) is 6.54 Å². The monoisotopic (exact) mass is 457 g/mol. The summed E-state index contributed by atoms with van der Waals surface area (Å²) in [5.74, 6) is 0. The maximum absolute atomic E-state index is 13.1. The minimum absolute atomic E-state index is 0.0984.